The van der Waals surface area contributed by atoms with Gasteiger partial charge in [-0.05, 0) is 39.0 Å². The lowest BCUT2D eigenvalue weighted by Crippen LogP contribution is -2.18. The predicted octanol–water partition coefficient (Wildman–Crippen LogP) is 6.27. The highest BCUT2D eigenvalue weighted by Crippen LogP contribution is 2.46. The molecule has 29 heavy (non-hydrogen) atoms. The number of benzene rings is 2. The minimum Gasteiger partial charge on any atom is -0.467 e. The molecule has 2 aromatic carbocycles. The first-order valence-corrected chi connectivity index (χ1v) is 11.3. The average molecular weight is 401 g/mol. The van der Waals surface area contributed by atoms with Gasteiger partial charge in [0.1, 0.15) is 11.5 Å². The van der Waals surface area contributed by atoms with Gasteiger partial charge in [-0.25, -0.2) is 0 Å². The first kappa shape index (κ1) is 21.9. The van der Waals surface area contributed by atoms with Crippen molar-refractivity contribution < 1.29 is 18.9 Å². The monoisotopic (exact) mass is 400 g/mol. The molecular weight excluding hydrogens is 364 g/mol. The second-order valence-electron chi connectivity index (χ2n) is 7.78. The van der Waals surface area contributed by atoms with Crippen LogP contribution < -0.4 is 9.47 Å². The number of fused-ring (bicyclic) bond motifs is 2. The summed E-state index contributed by atoms with van der Waals surface area (Å²) in [7, 11) is 0. The van der Waals surface area contributed by atoms with E-state index in [0.717, 1.165) is 35.1 Å². The van der Waals surface area contributed by atoms with Crippen LogP contribution in [0.15, 0.2) is 24.3 Å². The zero-order chi connectivity index (χ0) is 20.5. The summed E-state index contributed by atoms with van der Waals surface area (Å²) in [6, 6.07) is 8.38. The van der Waals surface area contributed by atoms with E-state index >= 15 is 0 Å². The van der Waals surface area contributed by atoms with Crippen LogP contribution in [0.3, 0.4) is 0 Å². The minimum absolute atomic E-state index is 0.284. The van der Waals surface area contributed by atoms with E-state index in [9.17, 15) is 0 Å². The molecule has 0 heterocycles. The maximum atomic E-state index is 6.20. The fourth-order valence-electron chi connectivity index (χ4n) is 4.32. The standard InChI is InChI=1S/C25H36O4/c1-4-7-8-11-19-14-15-22-23(16-19)25(29-18-27-6-3)21-13-10-9-12-20(21)24(22)28-17-26-5-2/h9-10,12-13,19H,4-8,11,14-18H2,1-3H3. The summed E-state index contributed by atoms with van der Waals surface area (Å²) in [5.74, 6) is 2.66. The van der Waals surface area contributed by atoms with Crippen molar-refractivity contribution in [3.8, 4) is 11.5 Å². The summed E-state index contributed by atoms with van der Waals surface area (Å²) in [5, 5.41) is 2.20. The Morgan fingerprint density at radius 3 is 2.03 bits per heavy atom. The molecule has 0 aliphatic heterocycles. The Hall–Kier alpha value is -1.78. The molecule has 1 atom stereocenters. The van der Waals surface area contributed by atoms with Gasteiger partial charge >= 0.3 is 0 Å². The number of hydrogen-bond acceptors (Lipinski definition) is 4. The highest BCUT2D eigenvalue weighted by molar-refractivity contribution is 5.96. The average Bonchev–Trinajstić information content (AvgIpc) is 2.75. The van der Waals surface area contributed by atoms with Gasteiger partial charge in [-0.3, -0.25) is 0 Å². The first-order chi connectivity index (χ1) is 14.3. The molecule has 4 nitrogen and oxygen atoms in total. The van der Waals surface area contributed by atoms with Crippen LogP contribution in [0.1, 0.15) is 64.0 Å². The van der Waals surface area contributed by atoms with Crippen molar-refractivity contribution in [3.05, 3.63) is 35.4 Å². The molecule has 0 radical (unpaired) electrons. The fourth-order valence-corrected chi connectivity index (χ4v) is 4.32. The molecule has 4 heteroatoms. The third-order valence-electron chi connectivity index (χ3n) is 5.82. The lowest BCUT2D eigenvalue weighted by Gasteiger charge is -2.29. The van der Waals surface area contributed by atoms with Crippen molar-refractivity contribution in [1.82, 2.24) is 0 Å². The molecule has 1 aliphatic carbocycles. The van der Waals surface area contributed by atoms with Gasteiger partial charge in [0, 0.05) is 35.1 Å². The first-order valence-electron chi connectivity index (χ1n) is 11.3. The van der Waals surface area contributed by atoms with Gasteiger partial charge in [-0.1, -0.05) is 56.9 Å². The van der Waals surface area contributed by atoms with E-state index < -0.39 is 0 Å². The molecule has 1 unspecified atom stereocenters. The molecule has 160 valence electrons. The molecule has 0 saturated carbocycles. The SMILES string of the molecule is CCCCCC1CCc2c(c(OCOCC)c3ccccc3c2OCOCC)C1. The van der Waals surface area contributed by atoms with Gasteiger partial charge in [0.2, 0.25) is 0 Å². The van der Waals surface area contributed by atoms with Gasteiger partial charge in [0.05, 0.1) is 0 Å². The van der Waals surface area contributed by atoms with Gasteiger partial charge in [0.25, 0.3) is 0 Å². The summed E-state index contributed by atoms with van der Waals surface area (Å²) in [4.78, 5) is 0. The molecule has 0 bridgehead atoms. The summed E-state index contributed by atoms with van der Waals surface area (Å²) in [5.41, 5.74) is 2.60. The van der Waals surface area contributed by atoms with Gasteiger partial charge in [-0.15, -0.1) is 0 Å². The lowest BCUT2D eigenvalue weighted by molar-refractivity contribution is 0.0201. The van der Waals surface area contributed by atoms with E-state index in [1.807, 2.05) is 13.8 Å². The maximum absolute atomic E-state index is 6.20. The van der Waals surface area contributed by atoms with E-state index in [4.69, 9.17) is 18.9 Å². The summed E-state index contributed by atoms with van der Waals surface area (Å²) < 4.78 is 23.4. The van der Waals surface area contributed by atoms with Crippen LogP contribution in [0.25, 0.3) is 10.8 Å². The van der Waals surface area contributed by atoms with Crippen LogP contribution in [0.2, 0.25) is 0 Å². The molecule has 1 aliphatic rings. The van der Waals surface area contributed by atoms with Crippen LogP contribution in [0.5, 0.6) is 11.5 Å². The Labute approximate surface area is 175 Å². The lowest BCUT2D eigenvalue weighted by atomic mass is 9.79. The zero-order valence-electron chi connectivity index (χ0n) is 18.3. The number of ether oxygens (including phenoxy) is 4. The van der Waals surface area contributed by atoms with Crippen LogP contribution in [-0.4, -0.2) is 26.8 Å². The van der Waals surface area contributed by atoms with Crippen molar-refractivity contribution >= 4 is 10.8 Å². The molecule has 0 aromatic heterocycles. The zero-order valence-corrected chi connectivity index (χ0v) is 18.3. The van der Waals surface area contributed by atoms with E-state index in [1.165, 1.54) is 43.2 Å². The van der Waals surface area contributed by atoms with Crippen LogP contribution in [-0.2, 0) is 22.3 Å². The summed E-state index contributed by atoms with van der Waals surface area (Å²) in [6.07, 6.45) is 8.49. The summed E-state index contributed by atoms with van der Waals surface area (Å²) in [6.45, 7) is 8.11. The van der Waals surface area contributed by atoms with E-state index in [2.05, 4.69) is 31.2 Å². The molecular formula is C25H36O4. The molecule has 0 N–H and O–H groups in total. The molecule has 2 aromatic rings. The second kappa shape index (κ2) is 11.4. The molecule has 0 amide bonds. The topological polar surface area (TPSA) is 36.9 Å². The Morgan fingerprint density at radius 1 is 0.828 bits per heavy atom. The van der Waals surface area contributed by atoms with Crippen molar-refractivity contribution in [2.24, 2.45) is 5.92 Å². The van der Waals surface area contributed by atoms with Gasteiger partial charge in [-0.2, -0.15) is 0 Å². The van der Waals surface area contributed by atoms with E-state index in [0.29, 0.717) is 19.1 Å². The van der Waals surface area contributed by atoms with Gasteiger partial charge in [0.15, 0.2) is 13.6 Å². The maximum Gasteiger partial charge on any atom is 0.189 e. The molecule has 0 saturated heterocycles. The normalized spacial score (nSPS) is 16.0. The Morgan fingerprint density at radius 2 is 1.45 bits per heavy atom. The van der Waals surface area contributed by atoms with Crippen molar-refractivity contribution in [1.29, 1.82) is 0 Å². The van der Waals surface area contributed by atoms with Crippen molar-refractivity contribution in [2.45, 2.75) is 65.7 Å². The quantitative estimate of drug-likeness (QED) is 0.311. The van der Waals surface area contributed by atoms with Gasteiger partial charge < -0.3 is 18.9 Å². The molecule has 3 rings (SSSR count). The Balaban J connectivity index is 1.99. The molecule has 0 fully saturated rings. The predicted molar refractivity (Wildman–Crippen MR) is 118 cm³/mol. The highest BCUT2D eigenvalue weighted by atomic mass is 16.7. The van der Waals surface area contributed by atoms with E-state index in [-0.39, 0.29) is 13.6 Å². The Kier molecular flexibility index (Phi) is 8.63. The van der Waals surface area contributed by atoms with Crippen LogP contribution in [0, 0.1) is 5.92 Å². The Bertz CT molecular complexity index is 771. The smallest absolute Gasteiger partial charge is 0.189 e. The third-order valence-corrected chi connectivity index (χ3v) is 5.82. The van der Waals surface area contributed by atoms with E-state index in [1.54, 1.807) is 0 Å². The highest BCUT2D eigenvalue weighted by Gasteiger charge is 2.28. The van der Waals surface area contributed by atoms with Crippen molar-refractivity contribution in [2.75, 3.05) is 26.8 Å². The number of hydrogen-bond donors (Lipinski definition) is 0. The second-order valence-corrected chi connectivity index (χ2v) is 7.78. The van der Waals surface area contributed by atoms with Crippen LogP contribution in [0.4, 0.5) is 0 Å². The minimum atomic E-state index is 0.284. The fraction of sp³-hybridized carbons (Fsp3) is 0.600. The van der Waals surface area contributed by atoms with Crippen molar-refractivity contribution in [3.63, 3.8) is 0 Å². The number of rotatable bonds is 12. The molecule has 0 spiro atoms. The number of unbranched alkanes of at least 4 members (excludes halogenated alkanes) is 2. The largest absolute Gasteiger partial charge is 0.467 e. The summed E-state index contributed by atoms with van der Waals surface area (Å²) >= 11 is 0. The third kappa shape index (κ3) is 5.43. The van der Waals surface area contributed by atoms with Crippen LogP contribution >= 0.6 is 0 Å².